The van der Waals surface area contributed by atoms with E-state index in [2.05, 4.69) is 10.3 Å². The number of nitrogens with zero attached hydrogens (tertiary/aromatic N) is 1. The van der Waals surface area contributed by atoms with Crippen LogP contribution in [-0.2, 0) is 4.79 Å². The van der Waals surface area contributed by atoms with Crippen LogP contribution in [0.5, 0.6) is 0 Å². The second-order valence-electron chi connectivity index (χ2n) is 4.90. The van der Waals surface area contributed by atoms with Crippen molar-refractivity contribution in [3.8, 4) is 0 Å². The molecule has 0 bridgehead atoms. The summed E-state index contributed by atoms with van der Waals surface area (Å²) in [6.45, 7) is 0. The SMILES string of the molecule is O=C(CCl)NC1=Nc2ccccc2C(=O)C1c1ccccc1. The number of amidine groups is 1. The molecule has 0 saturated heterocycles. The second-order valence-corrected chi connectivity index (χ2v) is 5.17. The van der Waals surface area contributed by atoms with Crippen LogP contribution < -0.4 is 5.32 Å². The topological polar surface area (TPSA) is 58.5 Å². The molecular weight excluding hydrogens is 300 g/mol. The number of alkyl halides is 1. The van der Waals surface area contributed by atoms with Gasteiger partial charge in [0.2, 0.25) is 5.91 Å². The summed E-state index contributed by atoms with van der Waals surface area (Å²) in [6.07, 6.45) is 0. The maximum atomic E-state index is 12.8. The molecule has 1 heterocycles. The predicted octanol–water partition coefficient (Wildman–Crippen LogP) is 3.05. The predicted molar refractivity (Wildman–Crippen MR) is 85.9 cm³/mol. The first-order valence-electron chi connectivity index (χ1n) is 6.83. The Labute approximate surface area is 132 Å². The number of Topliss-reactive ketones (excluding diaryl/α,β-unsaturated/α-hetero) is 1. The summed E-state index contributed by atoms with van der Waals surface area (Å²) >= 11 is 5.55. The van der Waals surface area contributed by atoms with Crippen molar-refractivity contribution in [1.29, 1.82) is 0 Å². The lowest BCUT2D eigenvalue weighted by Gasteiger charge is -2.24. The number of halogens is 1. The minimum Gasteiger partial charge on any atom is -0.312 e. The Bertz CT molecular complexity index is 756. The molecule has 3 rings (SSSR count). The fourth-order valence-corrected chi connectivity index (χ4v) is 2.55. The Hall–Kier alpha value is -2.46. The molecule has 5 heteroatoms. The van der Waals surface area contributed by atoms with Gasteiger partial charge in [-0.05, 0) is 17.7 Å². The van der Waals surface area contributed by atoms with E-state index in [4.69, 9.17) is 11.6 Å². The minimum absolute atomic E-state index is 0.0818. The molecule has 1 N–H and O–H groups in total. The van der Waals surface area contributed by atoms with E-state index in [9.17, 15) is 9.59 Å². The van der Waals surface area contributed by atoms with Gasteiger partial charge in [0.05, 0.1) is 5.69 Å². The lowest BCUT2D eigenvalue weighted by molar-refractivity contribution is -0.117. The van der Waals surface area contributed by atoms with Gasteiger partial charge < -0.3 is 5.32 Å². The Kier molecular flexibility index (Phi) is 4.02. The van der Waals surface area contributed by atoms with Crippen LogP contribution in [0, 0.1) is 0 Å². The number of amides is 1. The highest BCUT2D eigenvalue weighted by molar-refractivity contribution is 6.30. The number of hydrogen-bond acceptors (Lipinski definition) is 3. The van der Waals surface area contributed by atoms with E-state index < -0.39 is 5.92 Å². The van der Waals surface area contributed by atoms with Crippen molar-refractivity contribution in [2.75, 3.05) is 5.88 Å². The maximum absolute atomic E-state index is 12.8. The van der Waals surface area contributed by atoms with Gasteiger partial charge in [0, 0.05) is 5.56 Å². The fraction of sp³-hybridized carbons (Fsp3) is 0.118. The Morgan fingerprint density at radius 3 is 2.50 bits per heavy atom. The van der Waals surface area contributed by atoms with Crippen LogP contribution in [0.1, 0.15) is 21.8 Å². The quantitative estimate of drug-likeness (QED) is 0.866. The molecule has 1 aliphatic heterocycles. The Balaban J connectivity index is 2.10. The second kappa shape index (κ2) is 6.12. The molecule has 0 spiro atoms. The molecule has 1 aliphatic rings. The summed E-state index contributed by atoms with van der Waals surface area (Å²) in [6, 6.07) is 16.4. The average Bonchev–Trinajstić information content (AvgIpc) is 2.56. The van der Waals surface area contributed by atoms with Crippen molar-refractivity contribution in [1.82, 2.24) is 5.32 Å². The number of fused-ring (bicyclic) bond motifs is 1. The number of para-hydroxylation sites is 1. The molecule has 0 aliphatic carbocycles. The van der Waals surface area contributed by atoms with Gasteiger partial charge in [-0.15, -0.1) is 11.6 Å². The Morgan fingerprint density at radius 1 is 1.09 bits per heavy atom. The molecule has 110 valence electrons. The molecule has 0 aromatic heterocycles. The number of nitrogens with one attached hydrogen (secondary N) is 1. The molecule has 0 fully saturated rings. The third-order valence-electron chi connectivity index (χ3n) is 3.47. The normalized spacial score (nSPS) is 16.7. The molecule has 4 nitrogen and oxygen atoms in total. The summed E-state index contributed by atoms with van der Waals surface area (Å²) in [7, 11) is 0. The van der Waals surface area contributed by atoms with Gasteiger partial charge >= 0.3 is 0 Å². The van der Waals surface area contributed by atoms with E-state index >= 15 is 0 Å². The van der Waals surface area contributed by atoms with Crippen LogP contribution in [0.25, 0.3) is 0 Å². The van der Waals surface area contributed by atoms with Crippen LogP contribution in [-0.4, -0.2) is 23.4 Å². The zero-order valence-electron chi connectivity index (χ0n) is 11.6. The highest BCUT2D eigenvalue weighted by Crippen LogP contribution is 2.33. The summed E-state index contributed by atoms with van der Waals surface area (Å²) < 4.78 is 0. The monoisotopic (exact) mass is 312 g/mol. The summed E-state index contributed by atoms with van der Waals surface area (Å²) in [5, 5.41) is 2.65. The first-order valence-corrected chi connectivity index (χ1v) is 7.36. The molecule has 0 saturated carbocycles. The minimum atomic E-state index is -0.622. The van der Waals surface area contributed by atoms with Gasteiger partial charge in [-0.1, -0.05) is 42.5 Å². The van der Waals surface area contributed by atoms with Crippen LogP contribution in [0.2, 0.25) is 0 Å². The zero-order valence-corrected chi connectivity index (χ0v) is 12.4. The number of carbonyl (C=O) groups is 2. The zero-order chi connectivity index (χ0) is 15.5. The third kappa shape index (κ3) is 2.65. The lowest BCUT2D eigenvalue weighted by Crippen LogP contribution is -2.40. The highest BCUT2D eigenvalue weighted by Gasteiger charge is 2.33. The third-order valence-corrected chi connectivity index (χ3v) is 3.71. The van der Waals surface area contributed by atoms with Crippen molar-refractivity contribution in [2.45, 2.75) is 5.92 Å². The average molecular weight is 313 g/mol. The molecule has 2 aromatic carbocycles. The van der Waals surface area contributed by atoms with Gasteiger partial charge in [-0.2, -0.15) is 0 Å². The number of carbonyl (C=O) groups excluding carboxylic acids is 2. The van der Waals surface area contributed by atoms with Crippen LogP contribution >= 0.6 is 11.6 Å². The van der Waals surface area contributed by atoms with Gasteiger partial charge in [-0.25, -0.2) is 4.99 Å². The number of rotatable bonds is 2. The molecule has 0 radical (unpaired) electrons. The van der Waals surface area contributed by atoms with E-state index in [-0.39, 0.29) is 17.6 Å². The van der Waals surface area contributed by atoms with E-state index in [0.717, 1.165) is 5.56 Å². The first-order chi connectivity index (χ1) is 10.7. The Morgan fingerprint density at radius 2 is 1.77 bits per heavy atom. The molecule has 2 aromatic rings. The van der Waals surface area contributed by atoms with Gasteiger partial charge in [0.15, 0.2) is 5.78 Å². The maximum Gasteiger partial charge on any atom is 0.240 e. The number of aliphatic imine (C=N–C) groups is 1. The van der Waals surface area contributed by atoms with Crippen molar-refractivity contribution in [3.05, 3.63) is 65.7 Å². The summed E-state index contributed by atoms with van der Waals surface area (Å²) in [4.78, 5) is 28.9. The molecule has 1 unspecified atom stereocenters. The molecule has 1 atom stereocenters. The van der Waals surface area contributed by atoms with E-state index in [1.54, 1.807) is 24.3 Å². The largest absolute Gasteiger partial charge is 0.312 e. The van der Waals surface area contributed by atoms with Crippen molar-refractivity contribution < 1.29 is 9.59 Å². The number of ketones is 1. The van der Waals surface area contributed by atoms with Crippen molar-refractivity contribution >= 4 is 34.8 Å². The smallest absolute Gasteiger partial charge is 0.240 e. The molecule has 22 heavy (non-hydrogen) atoms. The number of hydrogen-bond donors (Lipinski definition) is 1. The van der Waals surface area contributed by atoms with Crippen LogP contribution in [0.15, 0.2) is 59.6 Å². The number of benzene rings is 2. The van der Waals surface area contributed by atoms with Crippen LogP contribution in [0.4, 0.5) is 5.69 Å². The fourth-order valence-electron chi connectivity index (χ4n) is 2.48. The summed E-state index contributed by atoms with van der Waals surface area (Å²) in [5.41, 5.74) is 1.90. The van der Waals surface area contributed by atoms with Crippen molar-refractivity contribution in [3.63, 3.8) is 0 Å². The van der Waals surface area contributed by atoms with E-state index in [1.807, 2.05) is 30.3 Å². The van der Waals surface area contributed by atoms with Gasteiger partial charge in [-0.3, -0.25) is 9.59 Å². The van der Waals surface area contributed by atoms with Gasteiger partial charge in [0.25, 0.3) is 0 Å². The van der Waals surface area contributed by atoms with Crippen molar-refractivity contribution in [2.24, 2.45) is 4.99 Å². The van der Waals surface area contributed by atoms with E-state index in [1.165, 1.54) is 0 Å². The van der Waals surface area contributed by atoms with E-state index in [0.29, 0.717) is 17.1 Å². The highest BCUT2D eigenvalue weighted by atomic mass is 35.5. The summed E-state index contributed by atoms with van der Waals surface area (Å²) in [5.74, 6) is -0.949. The van der Waals surface area contributed by atoms with Gasteiger partial charge in [0.1, 0.15) is 17.6 Å². The first kappa shape index (κ1) is 14.5. The standard InChI is InChI=1S/C17H13ClN2O2/c18-10-14(21)20-17-15(11-6-2-1-3-7-11)16(22)12-8-4-5-9-13(12)19-17/h1-9,15H,10H2,(H,19,20,21). The molecule has 1 amide bonds. The lowest BCUT2D eigenvalue weighted by atomic mass is 9.86. The molecular formula is C17H13ClN2O2. The van der Waals surface area contributed by atoms with Crippen LogP contribution in [0.3, 0.4) is 0 Å².